The van der Waals surface area contributed by atoms with Gasteiger partial charge in [-0.15, -0.1) is 0 Å². The Kier molecular flexibility index (Phi) is 2.20. The topological polar surface area (TPSA) is 56.7 Å². The van der Waals surface area contributed by atoms with Crippen LogP contribution in [-0.2, 0) is 13.0 Å². The van der Waals surface area contributed by atoms with Crippen LogP contribution in [0.1, 0.15) is 19.5 Å². The van der Waals surface area contributed by atoms with Crippen LogP contribution in [0.3, 0.4) is 0 Å². The van der Waals surface area contributed by atoms with E-state index >= 15 is 0 Å². The molecule has 3 rings (SSSR count). The van der Waals surface area contributed by atoms with Crippen molar-refractivity contribution in [2.24, 2.45) is 5.41 Å². The molecule has 0 unspecified atom stereocenters. The van der Waals surface area contributed by atoms with E-state index < -0.39 is 0 Å². The molecule has 94 valence electrons. The van der Waals surface area contributed by atoms with E-state index in [9.17, 15) is 4.39 Å². The molecule has 0 fully saturated rings. The summed E-state index contributed by atoms with van der Waals surface area (Å²) in [7, 11) is 0. The molecule has 0 saturated carbocycles. The first-order chi connectivity index (χ1) is 8.46. The van der Waals surface area contributed by atoms with Crippen molar-refractivity contribution in [1.82, 2.24) is 14.8 Å². The van der Waals surface area contributed by atoms with Crippen molar-refractivity contribution in [2.75, 3.05) is 5.73 Å². The van der Waals surface area contributed by atoms with Gasteiger partial charge in [0.1, 0.15) is 11.6 Å². The molecule has 3 heterocycles. The Balaban J connectivity index is 2.13. The van der Waals surface area contributed by atoms with Gasteiger partial charge >= 0.3 is 0 Å². The second-order valence-electron chi connectivity index (χ2n) is 5.59. The summed E-state index contributed by atoms with van der Waals surface area (Å²) in [6.07, 6.45) is 3.79. The molecule has 0 saturated heterocycles. The van der Waals surface area contributed by atoms with Crippen molar-refractivity contribution in [2.45, 2.75) is 26.8 Å². The van der Waals surface area contributed by atoms with Crippen molar-refractivity contribution >= 4 is 5.82 Å². The maximum Gasteiger partial charge on any atom is 0.142 e. The number of anilines is 1. The summed E-state index contributed by atoms with van der Waals surface area (Å²) in [4.78, 5) is 3.86. The zero-order valence-corrected chi connectivity index (χ0v) is 10.4. The van der Waals surface area contributed by atoms with E-state index in [0.29, 0.717) is 11.4 Å². The van der Waals surface area contributed by atoms with E-state index in [0.717, 1.165) is 30.4 Å². The average Bonchev–Trinajstić information content (AvgIpc) is 2.77. The Morgan fingerprint density at radius 1 is 1.33 bits per heavy atom. The highest BCUT2D eigenvalue weighted by Gasteiger charge is 2.32. The quantitative estimate of drug-likeness (QED) is 0.839. The lowest BCUT2D eigenvalue weighted by Crippen LogP contribution is -2.12. The first-order valence-corrected chi connectivity index (χ1v) is 5.92. The third-order valence-corrected chi connectivity index (χ3v) is 3.35. The van der Waals surface area contributed by atoms with Crippen LogP contribution in [0.4, 0.5) is 10.2 Å². The zero-order chi connectivity index (χ0) is 12.9. The Labute approximate surface area is 105 Å². The molecule has 0 amide bonds. The van der Waals surface area contributed by atoms with Crippen molar-refractivity contribution in [3.05, 3.63) is 30.0 Å². The number of fused-ring (bicyclic) bond motifs is 1. The maximum absolute atomic E-state index is 13.3. The van der Waals surface area contributed by atoms with E-state index in [4.69, 9.17) is 5.73 Å². The van der Waals surface area contributed by atoms with Crippen LogP contribution in [0.25, 0.3) is 11.1 Å². The molecule has 2 aromatic heterocycles. The summed E-state index contributed by atoms with van der Waals surface area (Å²) >= 11 is 0. The number of aromatic nitrogens is 3. The van der Waals surface area contributed by atoms with E-state index in [1.54, 1.807) is 6.20 Å². The molecule has 2 N–H and O–H groups in total. The van der Waals surface area contributed by atoms with Gasteiger partial charge in [-0.05, 0) is 17.9 Å². The Bertz CT molecular complexity index is 615. The monoisotopic (exact) mass is 246 g/mol. The normalized spacial score (nSPS) is 16.8. The van der Waals surface area contributed by atoms with Crippen molar-refractivity contribution in [3.63, 3.8) is 0 Å². The number of hydrogen-bond acceptors (Lipinski definition) is 3. The van der Waals surface area contributed by atoms with Crippen LogP contribution < -0.4 is 5.73 Å². The summed E-state index contributed by atoms with van der Waals surface area (Å²) in [6, 6.07) is 1.42. The SMILES string of the molecule is CC1(C)Cc2c(-c3cc(F)cnc3N)cnn2C1. The minimum atomic E-state index is -0.378. The summed E-state index contributed by atoms with van der Waals surface area (Å²) < 4.78 is 15.3. The summed E-state index contributed by atoms with van der Waals surface area (Å²) in [5, 5.41) is 4.35. The molecule has 1 aliphatic rings. The highest BCUT2D eigenvalue weighted by molar-refractivity contribution is 5.75. The smallest absolute Gasteiger partial charge is 0.142 e. The molecule has 1 aliphatic heterocycles. The van der Waals surface area contributed by atoms with E-state index in [1.807, 2.05) is 4.68 Å². The minimum absolute atomic E-state index is 0.188. The maximum atomic E-state index is 13.3. The van der Waals surface area contributed by atoms with Crippen molar-refractivity contribution < 1.29 is 4.39 Å². The average molecular weight is 246 g/mol. The highest BCUT2D eigenvalue weighted by atomic mass is 19.1. The van der Waals surface area contributed by atoms with Gasteiger partial charge in [0.2, 0.25) is 0 Å². The largest absolute Gasteiger partial charge is 0.383 e. The number of nitrogens with two attached hydrogens (primary N) is 1. The van der Waals surface area contributed by atoms with Crippen LogP contribution in [0.2, 0.25) is 0 Å². The molecule has 0 spiro atoms. The van der Waals surface area contributed by atoms with Crippen LogP contribution in [0, 0.1) is 11.2 Å². The van der Waals surface area contributed by atoms with Gasteiger partial charge < -0.3 is 5.73 Å². The minimum Gasteiger partial charge on any atom is -0.383 e. The third-order valence-electron chi connectivity index (χ3n) is 3.35. The van der Waals surface area contributed by atoms with Gasteiger partial charge in [-0.25, -0.2) is 9.37 Å². The lowest BCUT2D eigenvalue weighted by Gasteiger charge is -2.14. The predicted molar refractivity (Wildman–Crippen MR) is 67.3 cm³/mol. The Morgan fingerprint density at radius 3 is 2.89 bits per heavy atom. The molecular weight excluding hydrogens is 231 g/mol. The molecule has 0 aromatic carbocycles. The summed E-state index contributed by atoms with van der Waals surface area (Å²) in [6.45, 7) is 5.27. The van der Waals surface area contributed by atoms with Crippen molar-refractivity contribution in [1.29, 1.82) is 0 Å². The van der Waals surface area contributed by atoms with Gasteiger partial charge in [-0.2, -0.15) is 5.10 Å². The number of nitrogens with zero attached hydrogens (tertiary/aromatic N) is 3. The molecular formula is C13H15FN4. The van der Waals surface area contributed by atoms with Gasteiger partial charge in [-0.3, -0.25) is 4.68 Å². The number of nitrogen functional groups attached to an aromatic ring is 1. The van der Waals surface area contributed by atoms with Crippen LogP contribution in [0.5, 0.6) is 0 Å². The molecule has 0 bridgehead atoms. The summed E-state index contributed by atoms with van der Waals surface area (Å²) in [5.41, 5.74) is 8.65. The molecule has 4 nitrogen and oxygen atoms in total. The lowest BCUT2D eigenvalue weighted by atomic mass is 9.89. The van der Waals surface area contributed by atoms with E-state index in [2.05, 4.69) is 23.9 Å². The van der Waals surface area contributed by atoms with Gasteiger partial charge in [-0.1, -0.05) is 13.8 Å². The molecule has 0 radical (unpaired) electrons. The van der Waals surface area contributed by atoms with Crippen LogP contribution >= 0.6 is 0 Å². The van der Waals surface area contributed by atoms with Gasteiger partial charge in [0.25, 0.3) is 0 Å². The van der Waals surface area contributed by atoms with Gasteiger partial charge in [0.05, 0.1) is 12.4 Å². The number of pyridine rings is 1. The number of halogens is 1. The van der Waals surface area contributed by atoms with Gasteiger partial charge in [0.15, 0.2) is 0 Å². The number of hydrogen-bond donors (Lipinski definition) is 1. The summed E-state index contributed by atoms with van der Waals surface area (Å²) in [5.74, 6) is -0.0340. The van der Waals surface area contributed by atoms with Crippen LogP contribution in [-0.4, -0.2) is 14.8 Å². The standard InChI is InChI=1S/C13H15FN4/c1-13(2)4-11-10(6-17-18(11)7-13)9-3-8(14)5-16-12(9)15/h3,5-6H,4,7H2,1-2H3,(H2,15,16). The molecule has 5 heteroatoms. The second kappa shape index (κ2) is 3.54. The van der Waals surface area contributed by atoms with Crippen LogP contribution in [0.15, 0.2) is 18.5 Å². The lowest BCUT2D eigenvalue weighted by molar-refractivity contribution is 0.347. The van der Waals surface area contributed by atoms with E-state index in [1.165, 1.54) is 6.07 Å². The predicted octanol–water partition coefficient (Wildman–Crippen LogP) is 2.25. The van der Waals surface area contributed by atoms with E-state index in [-0.39, 0.29) is 11.2 Å². The van der Waals surface area contributed by atoms with Crippen molar-refractivity contribution in [3.8, 4) is 11.1 Å². The fourth-order valence-corrected chi connectivity index (χ4v) is 2.54. The molecule has 0 aliphatic carbocycles. The Morgan fingerprint density at radius 2 is 2.11 bits per heavy atom. The first kappa shape index (κ1) is 11.2. The molecule has 2 aromatic rings. The fraction of sp³-hybridized carbons (Fsp3) is 0.385. The molecule has 18 heavy (non-hydrogen) atoms. The zero-order valence-electron chi connectivity index (χ0n) is 10.4. The highest BCUT2D eigenvalue weighted by Crippen LogP contribution is 2.38. The Hall–Kier alpha value is -1.91. The second-order valence-corrected chi connectivity index (χ2v) is 5.59. The third kappa shape index (κ3) is 1.66. The molecule has 0 atom stereocenters. The van der Waals surface area contributed by atoms with Gasteiger partial charge in [0, 0.05) is 23.4 Å². The first-order valence-electron chi connectivity index (χ1n) is 5.92. The number of rotatable bonds is 1. The fourth-order valence-electron chi connectivity index (χ4n) is 2.54.